The number of carbonyl (C=O) groups excluding carboxylic acids is 3. The van der Waals surface area contributed by atoms with Gasteiger partial charge in [-0.3, -0.25) is 19.2 Å². The van der Waals surface area contributed by atoms with E-state index in [1.807, 2.05) is 68.6 Å². The van der Waals surface area contributed by atoms with Gasteiger partial charge in [0.15, 0.2) is 0 Å². The van der Waals surface area contributed by atoms with Crippen molar-refractivity contribution in [3.8, 4) is 0 Å². The molecule has 0 spiro atoms. The van der Waals surface area contributed by atoms with Crippen molar-refractivity contribution in [3.63, 3.8) is 0 Å². The molecule has 0 radical (unpaired) electrons. The topological polar surface area (TPSA) is 182 Å². The smallest absolute Gasteiger partial charge is 0.322 e. The molecular weight excluding hydrogens is 524 g/mol. The van der Waals surface area contributed by atoms with E-state index in [1.54, 1.807) is 6.20 Å². The van der Waals surface area contributed by atoms with Gasteiger partial charge in [-0.15, -0.1) is 0 Å². The van der Waals surface area contributed by atoms with Crippen LogP contribution in [0.3, 0.4) is 0 Å². The Morgan fingerprint density at radius 2 is 1.32 bits per heavy atom. The average Bonchev–Trinajstić information content (AvgIpc) is 3.54. The third-order valence-electron chi connectivity index (χ3n) is 6.94. The molecule has 3 amide bonds. The van der Waals surface area contributed by atoms with Gasteiger partial charge >= 0.3 is 5.97 Å². The van der Waals surface area contributed by atoms with Gasteiger partial charge in [-0.25, -0.2) is 0 Å². The van der Waals surface area contributed by atoms with Crippen LogP contribution in [0.4, 0.5) is 0 Å². The zero-order valence-corrected chi connectivity index (χ0v) is 23.1. The fourth-order valence-electron chi connectivity index (χ4n) is 4.90. The Labute approximate surface area is 237 Å². The third kappa shape index (κ3) is 7.52. The summed E-state index contributed by atoms with van der Waals surface area (Å²) in [7, 11) is 0. The van der Waals surface area contributed by atoms with Gasteiger partial charge in [0.2, 0.25) is 17.7 Å². The lowest BCUT2D eigenvalue weighted by molar-refractivity contribution is -0.138. The molecular formula is C30H36N6O5. The first-order valence-corrected chi connectivity index (χ1v) is 13.6. The largest absolute Gasteiger partial charge is 0.480 e. The van der Waals surface area contributed by atoms with Crippen LogP contribution in [0.1, 0.15) is 31.4 Å². The van der Waals surface area contributed by atoms with Crippen LogP contribution in [0.25, 0.3) is 21.8 Å². The van der Waals surface area contributed by atoms with Crippen LogP contribution in [0, 0.1) is 5.92 Å². The van der Waals surface area contributed by atoms with E-state index in [0.29, 0.717) is 6.42 Å². The van der Waals surface area contributed by atoms with Gasteiger partial charge in [0.1, 0.15) is 18.6 Å². The number of H-pyrrole nitrogens is 2. The minimum Gasteiger partial charge on any atom is -0.480 e. The molecule has 0 aliphatic rings. The van der Waals surface area contributed by atoms with Gasteiger partial charge < -0.3 is 36.8 Å². The molecule has 11 nitrogen and oxygen atoms in total. The maximum atomic E-state index is 13.5. The number of benzene rings is 2. The zero-order valence-electron chi connectivity index (χ0n) is 23.1. The summed E-state index contributed by atoms with van der Waals surface area (Å²) < 4.78 is 0. The molecule has 11 heteroatoms. The van der Waals surface area contributed by atoms with Gasteiger partial charge in [0.05, 0.1) is 6.04 Å². The van der Waals surface area contributed by atoms with Crippen molar-refractivity contribution in [1.82, 2.24) is 25.9 Å². The molecule has 3 unspecified atom stereocenters. The number of carbonyl (C=O) groups is 4. The van der Waals surface area contributed by atoms with E-state index in [0.717, 1.165) is 32.9 Å². The molecule has 0 bridgehead atoms. The van der Waals surface area contributed by atoms with Gasteiger partial charge in [0, 0.05) is 40.6 Å². The van der Waals surface area contributed by atoms with Crippen molar-refractivity contribution in [1.29, 1.82) is 0 Å². The van der Waals surface area contributed by atoms with Crippen LogP contribution >= 0.6 is 0 Å². The Morgan fingerprint density at radius 1 is 0.780 bits per heavy atom. The van der Waals surface area contributed by atoms with E-state index in [2.05, 4.69) is 25.9 Å². The number of aromatic nitrogens is 2. The van der Waals surface area contributed by atoms with E-state index >= 15 is 0 Å². The van der Waals surface area contributed by atoms with E-state index in [4.69, 9.17) is 10.8 Å². The summed E-state index contributed by atoms with van der Waals surface area (Å²) in [4.78, 5) is 57.0. The van der Waals surface area contributed by atoms with Crippen molar-refractivity contribution in [3.05, 3.63) is 72.1 Å². The number of aliphatic carboxylic acids is 1. The molecule has 0 fully saturated rings. The lowest BCUT2D eigenvalue weighted by atomic mass is 9.99. The molecule has 2 heterocycles. The Hall–Kier alpha value is -4.64. The van der Waals surface area contributed by atoms with E-state index in [1.165, 1.54) is 0 Å². The maximum Gasteiger partial charge on any atom is 0.322 e. The molecule has 0 saturated heterocycles. The molecule has 4 rings (SSSR count). The quantitative estimate of drug-likeness (QED) is 0.131. The number of carboxylic acids is 1. The maximum absolute atomic E-state index is 13.5. The number of amides is 3. The standard InChI is InChI=1S/C30H36N6O5/c1-17(2)11-25(35-28(39)22(31)12-18-14-32-23-9-5-3-7-20(18)23)30(41)36-26(29(40)34-16-27(37)38)13-19-15-33-24-10-6-4-8-21(19)24/h3-10,14-15,17,22,25-26,32-33H,11-13,16,31H2,1-2H3,(H,34,40)(H,35,39)(H,36,41)(H,37,38). The number of aromatic amines is 2. The highest BCUT2D eigenvalue weighted by molar-refractivity contribution is 5.94. The minimum absolute atomic E-state index is 0.0452. The van der Waals surface area contributed by atoms with Crippen LogP contribution in [0.5, 0.6) is 0 Å². The first-order chi connectivity index (χ1) is 19.6. The number of fused-ring (bicyclic) bond motifs is 2. The van der Waals surface area contributed by atoms with Crippen molar-refractivity contribution < 1.29 is 24.3 Å². The normalized spacial score (nSPS) is 13.6. The van der Waals surface area contributed by atoms with E-state index in [-0.39, 0.29) is 18.8 Å². The van der Waals surface area contributed by atoms with Crippen molar-refractivity contribution in [2.24, 2.45) is 11.7 Å². The lowest BCUT2D eigenvalue weighted by Gasteiger charge is -2.25. The number of carboxylic acid groups (broad SMARTS) is 1. The summed E-state index contributed by atoms with van der Waals surface area (Å²) in [5, 5.41) is 18.8. The van der Waals surface area contributed by atoms with Gasteiger partial charge in [-0.1, -0.05) is 50.2 Å². The monoisotopic (exact) mass is 560 g/mol. The van der Waals surface area contributed by atoms with Gasteiger partial charge in [0.25, 0.3) is 0 Å². The first-order valence-electron chi connectivity index (χ1n) is 13.6. The third-order valence-corrected chi connectivity index (χ3v) is 6.94. The van der Waals surface area contributed by atoms with Gasteiger partial charge in [-0.2, -0.15) is 0 Å². The number of nitrogens with one attached hydrogen (secondary N) is 5. The number of hydrogen-bond donors (Lipinski definition) is 7. The Bertz CT molecular complexity index is 1540. The molecule has 3 atom stereocenters. The second-order valence-corrected chi connectivity index (χ2v) is 10.6. The Balaban J connectivity index is 1.48. The van der Waals surface area contributed by atoms with Crippen LogP contribution in [0.2, 0.25) is 0 Å². The summed E-state index contributed by atoms with van der Waals surface area (Å²) in [5.74, 6) is -2.84. The molecule has 0 aliphatic carbocycles. The van der Waals surface area contributed by atoms with E-state index in [9.17, 15) is 19.2 Å². The summed E-state index contributed by atoms with van der Waals surface area (Å²) in [6.07, 6.45) is 4.27. The number of hydrogen-bond acceptors (Lipinski definition) is 5. The Morgan fingerprint density at radius 3 is 1.88 bits per heavy atom. The molecule has 4 aromatic rings. The van der Waals surface area contributed by atoms with Crippen molar-refractivity contribution >= 4 is 45.5 Å². The summed E-state index contributed by atoms with van der Waals surface area (Å²) in [6, 6.07) is 12.3. The number of nitrogens with two attached hydrogens (primary N) is 1. The molecule has 8 N–H and O–H groups in total. The van der Waals surface area contributed by atoms with Crippen LogP contribution in [-0.2, 0) is 32.0 Å². The number of rotatable bonds is 13. The molecule has 41 heavy (non-hydrogen) atoms. The van der Waals surface area contributed by atoms with Crippen LogP contribution < -0.4 is 21.7 Å². The predicted molar refractivity (Wildman–Crippen MR) is 156 cm³/mol. The van der Waals surface area contributed by atoms with Crippen LogP contribution in [-0.4, -0.2) is 63.4 Å². The SMILES string of the molecule is CC(C)CC(NC(=O)C(N)Cc1c[nH]c2ccccc12)C(=O)NC(Cc1c[nH]c2ccccc12)C(=O)NCC(=O)O. The number of para-hydroxylation sites is 2. The first kappa shape index (κ1) is 29.3. The predicted octanol–water partition coefficient (Wildman–Crippen LogP) is 1.98. The lowest BCUT2D eigenvalue weighted by Crippen LogP contribution is -2.57. The van der Waals surface area contributed by atoms with E-state index < -0.39 is 48.4 Å². The Kier molecular flexibility index (Phi) is 9.41. The van der Waals surface area contributed by atoms with Crippen molar-refractivity contribution in [2.75, 3.05) is 6.54 Å². The molecule has 0 aliphatic heterocycles. The summed E-state index contributed by atoms with van der Waals surface area (Å²) >= 11 is 0. The second-order valence-electron chi connectivity index (χ2n) is 10.6. The fraction of sp³-hybridized carbons (Fsp3) is 0.333. The van der Waals surface area contributed by atoms with Crippen molar-refractivity contribution in [2.45, 2.75) is 51.2 Å². The minimum atomic E-state index is -1.20. The average molecular weight is 561 g/mol. The highest BCUT2D eigenvalue weighted by Gasteiger charge is 2.30. The van der Waals surface area contributed by atoms with Gasteiger partial charge in [-0.05, 0) is 42.0 Å². The molecule has 2 aromatic carbocycles. The highest BCUT2D eigenvalue weighted by atomic mass is 16.4. The fourth-order valence-corrected chi connectivity index (χ4v) is 4.90. The molecule has 2 aromatic heterocycles. The van der Waals surface area contributed by atoms with Crippen LogP contribution in [0.15, 0.2) is 60.9 Å². The highest BCUT2D eigenvalue weighted by Crippen LogP contribution is 2.20. The summed E-state index contributed by atoms with van der Waals surface area (Å²) in [6.45, 7) is 3.25. The molecule has 0 saturated carbocycles. The summed E-state index contributed by atoms with van der Waals surface area (Å²) in [5.41, 5.74) is 9.74. The molecule has 216 valence electrons. The second kappa shape index (κ2) is 13.1. The zero-order chi connectivity index (χ0) is 29.5.